The number of nitro groups is 2. The van der Waals surface area contributed by atoms with Crippen LogP contribution in [-0.4, -0.2) is 32.3 Å². The second-order valence-electron chi connectivity index (χ2n) is 6.07. The quantitative estimate of drug-likeness (QED) is 0.308. The Morgan fingerprint density at radius 1 is 1.13 bits per heavy atom. The van der Waals surface area contributed by atoms with E-state index in [1.807, 2.05) is 10.8 Å². The van der Waals surface area contributed by atoms with E-state index in [1.165, 1.54) is 47.8 Å². The minimum Gasteiger partial charge on any atom is -0.315 e. The molecular formula is C19H16N4O5S2. The summed E-state index contributed by atoms with van der Waals surface area (Å²) in [5.74, 6) is 0.301. The Morgan fingerprint density at radius 3 is 2.43 bits per heavy atom. The van der Waals surface area contributed by atoms with Gasteiger partial charge in [0.1, 0.15) is 0 Å². The van der Waals surface area contributed by atoms with Gasteiger partial charge < -0.3 is 4.57 Å². The molecule has 1 aromatic heterocycles. The maximum atomic E-state index is 12.4. The number of aromatic nitrogens is 1. The lowest BCUT2D eigenvalue weighted by atomic mass is 10.2. The summed E-state index contributed by atoms with van der Waals surface area (Å²) in [7, 11) is 0. The number of benzene rings is 2. The fourth-order valence-corrected chi connectivity index (χ4v) is 4.13. The van der Waals surface area contributed by atoms with E-state index in [4.69, 9.17) is 0 Å². The Hall–Kier alpha value is -3.31. The van der Waals surface area contributed by atoms with Gasteiger partial charge in [0.15, 0.2) is 4.80 Å². The minimum atomic E-state index is -0.493. The Labute approximate surface area is 178 Å². The van der Waals surface area contributed by atoms with Gasteiger partial charge in [-0.2, -0.15) is 16.8 Å². The van der Waals surface area contributed by atoms with E-state index in [0.717, 1.165) is 11.3 Å². The number of rotatable bonds is 7. The summed E-state index contributed by atoms with van der Waals surface area (Å²) in [4.78, 5) is 37.8. The van der Waals surface area contributed by atoms with E-state index >= 15 is 0 Å². The molecule has 0 unspecified atom stereocenters. The molecule has 0 aliphatic rings. The van der Waals surface area contributed by atoms with Crippen molar-refractivity contribution in [2.24, 2.45) is 4.99 Å². The van der Waals surface area contributed by atoms with E-state index in [1.54, 1.807) is 30.0 Å². The summed E-state index contributed by atoms with van der Waals surface area (Å²) in [6.45, 7) is 0.608. The summed E-state index contributed by atoms with van der Waals surface area (Å²) in [5, 5.41) is 21.7. The minimum absolute atomic E-state index is 0.0169. The van der Waals surface area contributed by atoms with Crippen LogP contribution in [0.2, 0.25) is 0 Å². The lowest BCUT2D eigenvalue weighted by Gasteiger charge is -2.03. The van der Waals surface area contributed by atoms with Crippen molar-refractivity contribution >= 4 is 56.7 Å². The van der Waals surface area contributed by atoms with Crippen molar-refractivity contribution < 1.29 is 14.6 Å². The zero-order valence-corrected chi connectivity index (χ0v) is 17.4. The second-order valence-corrected chi connectivity index (χ2v) is 8.06. The molecule has 0 N–H and O–H groups in total. The highest BCUT2D eigenvalue weighted by molar-refractivity contribution is 7.98. The number of thiazole rings is 1. The van der Waals surface area contributed by atoms with Crippen LogP contribution >= 0.6 is 23.1 Å². The number of non-ortho nitro benzene ring substituents is 2. The molecule has 30 heavy (non-hydrogen) atoms. The van der Waals surface area contributed by atoms with Crippen LogP contribution in [0.4, 0.5) is 11.4 Å². The highest BCUT2D eigenvalue weighted by atomic mass is 32.2. The number of carbonyl (C=O) groups excluding carboxylic acids is 1. The standard InChI is InChI=1S/C19H16N4O5S2/c1-29-11-10-21-16-8-7-15(23(27)28)12-17(16)30-19(21)20-18(24)9-4-13-2-5-14(6-3-13)22(25)26/h2-9,12H,10-11H2,1H3/b9-4+,20-19?. The number of thioether (sulfide) groups is 1. The molecule has 3 aromatic rings. The Bertz CT molecular complexity index is 1210. The second kappa shape index (κ2) is 9.46. The zero-order valence-electron chi connectivity index (χ0n) is 15.8. The van der Waals surface area contributed by atoms with Crippen LogP contribution in [0.25, 0.3) is 16.3 Å². The maximum Gasteiger partial charge on any atom is 0.272 e. The molecule has 1 amide bonds. The van der Waals surface area contributed by atoms with E-state index in [0.29, 0.717) is 21.6 Å². The third-order valence-electron chi connectivity index (χ3n) is 4.12. The molecule has 0 aliphatic heterocycles. The molecule has 0 atom stereocenters. The molecule has 0 bridgehead atoms. The van der Waals surface area contributed by atoms with Crippen LogP contribution in [0.5, 0.6) is 0 Å². The molecule has 9 nitrogen and oxygen atoms in total. The average molecular weight is 444 g/mol. The molecule has 3 rings (SSSR count). The molecule has 2 aromatic carbocycles. The third kappa shape index (κ3) is 4.99. The first-order valence-electron chi connectivity index (χ1n) is 8.67. The summed E-state index contributed by atoms with van der Waals surface area (Å²) in [6.07, 6.45) is 4.78. The first kappa shape index (κ1) is 21.4. The van der Waals surface area contributed by atoms with E-state index in [2.05, 4.69) is 4.99 Å². The number of hydrogen-bond donors (Lipinski definition) is 0. The molecule has 1 heterocycles. The monoisotopic (exact) mass is 444 g/mol. The van der Waals surface area contributed by atoms with Gasteiger partial charge in [0, 0.05) is 42.6 Å². The Kier molecular flexibility index (Phi) is 6.75. The van der Waals surface area contributed by atoms with Crippen LogP contribution in [0.15, 0.2) is 53.5 Å². The molecule has 0 aliphatic carbocycles. The molecule has 154 valence electrons. The highest BCUT2D eigenvalue weighted by Crippen LogP contribution is 2.23. The van der Waals surface area contributed by atoms with Crippen molar-refractivity contribution in [3.63, 3.8) is 0 Å². The molecule has 0 saturated heterocycles. The topological polar surface area (TPSA) is 121 Å². The maximum absolute atomic E-state index is 12.4. The average Bonchev–Trinajstić information content (AvgIpc) is 3.06. The number of amides is 1. The Morgan fingerprint density at radius 2 is 1.80 bits per heavy atom. The predicted octanol–water partition coefficient (Wildman–Crippen LogP) is 4.02. The van der Waals surface area contributed by atoms with Gasteiger partial charge in [-0.1, -0.05) is 11.3 Å². The van der Waals surface area contributed by atoms with Crippen LogP contribution in [0, 0.1) is 20.2 Å². The molecule has 0 saturated carbocycles. The summed E-state index contributed by atoms with van der Waals surface area (Å²) in [5.41, 5.74) is 1.37. The summed E-state index contributed by atoms with van der Waals surface area (Å²) in [6, 6.07) is 10.4. The number of nitro benzene ring substituents is 2. The molecule has 0 spiro atoms. The number of carbonyl (C=O) groups is 1. The third-order valence-corrected chi connectivity index (χ3v) is 5.76. The van der Waals surface area contributed by atoms with Crippen molar-refractivity contribution in [1.82, 2.24) is 4.57 Å². The fourth-order valence-electron chi connectivity index (χ4n) is 2.67. The van der Waals surface area contributed by atoms with Crippen molar-refractivity contribution in [3.8, 4) is 0 Å². The number of hydrogen-bond acceptors (Lipinski definition) is 7. The van der Waals surface area contributed by atoms with Crippen LogP contribution in [0.3, 0.4) is 0 Å². The lowest BCUT2D eigenvalue weighted by Crippen LogP contribution is -2.17. The van der Waals surface area contributed by atoms with Gasteiger partial charge in [-0.05, 0) is 36.1 Å². The van der Waals surface area contributed by atoms with Crippen LogP contribution in [0.1, 0.15) is 5.56 Å². The first-order chi connectivity index (χ1) is 14.4. The van der Waals surface area contributed by atoms with Crippen LogP contribution < -0.4 is 4.80 Å². The SMILES string of the molecule is CSCCn1c(=NC(=O)/C=C/c2ccc([N+](=O)[O-])cc2)sc2cc([N+](=O)[O-])ccc21. The van der Waals surface area contributed by atoms with Crippen molar-refractivity contribution in [2.75, 3.05) is 12.0 Å². The van der Waals surface area contributed by atoms with Gasteiger partial charge in [-0.25, -0.2) is 0 Å². The largest absolute Gasteiger partial charge is 0.315 e. The van der Waals surface area contributed by atoms with E-state index in [-0.39, 0.29) is 11.4 Å². The van der Waals surface area contributed by atoms with Gasteiger partial charge >= 0.3 is 0 Å². The number of fused-ring (bicyclic) bond motifs is 1. The molecule has 0 radical (unpaired) electrons. The van der Waals surface area contributed by atoms with Gasteiger partial charge in [-0.15, -0.1) is 0 Å². The first-order valence-corrected chi connectivity index (χ1v) is 10.9. The zero-order chi connectivity index (χ0) is 21.7. The van der Waals surface area contributed by atoms with Crippen molar-refractivity contribution in [3.05, 3.63) is 79.1 Å². The highest BCUT2D eigenvalue weighted by Gasteiger charge is 2.12. The number of aryl methyl sites for hydroxylation is 1. The summed E-state index contributed by atoms with van der Waals surface area (Å²) >= 11 is 2.86. The predicted molar refractivity (Wildman–Crippen MR) is 118 cm³/mol. The van der Waals surface area contributed by atoms with Gasteiger partial charge in [0.05, 0.1) is 20.1 Å². The molecule has 11 heteroatoms. The van der Waals surface area contributed by atoms with Crippen molar-refractivity contribution in [2.45, 2.75) is 6.54 Å². The molecule has 0 fully saturated rings. The van der Waals surface area contributed by atoms with Gasteiger partial charge in [0.2, 0.25) is 0 Å². The van der Waals surface area contributed by atoms with E-state index in [9.17, 15) is 25.0 Å². The normalized spacial score (nSPS) is 12.0. The van der Waals surface area contributed by atoms with Crippen molar-refractivity contribution in [1.29, 1.82) is 0 Å². The fraction of sp³-hybridized carbons (Fsp3) is 0.158. The number of nitrogens with zero attached hydrogens (tertiary/aromatic N) is 4. The lowest BCUT2D eigenvalue weighted by molar-refractivity contribution is -0.385. The Balaban J connectivity index is 1.93. The summed E-state index contributed by atoms with van der Waals surface area (Å²) < 4.78 is 2.55. The smallest absolute Gasteiger partial charge is 0.272 e. The van der Waals surface area contributed by atoms with Gasteiger partial charge in [0.25, 0.3) is 17.3 Å². The van der Waals surface area contributed by atoms with E-state index < -0.39 is 15.8 Å². The molecular weight excluding hydrogens is 428 g/mol. The van der Waals surface area contributed by atoms with Crippen LogP contribution in [-0.2, 0) is 11.3 Å². The van der Waals surface area contributed by atoms with Gasteiger partial charge in [-0.3, -0.25) is 25.0 Å².